The molecular formula is C13H17ClF3NO. The molecule has 1 aliphatic rings. The van der Waals surface area contributed by atoms with Crippen LogP contribution in [0.4, 0.5) is 13.2 Å². The van der Waals surface area contributed by atoms with Crippen LogP contribution in [0.5, 0.6) is 5.75 Å². The van der Waals surface area contributed by atoms with Crippen LogP contribution in [-0.4, -0.2) is 19.7 Å². The first-order valence-electron chi connectivity index (χ1n) is 6.06. The Hall–Kier alpha value is -0.940. The Labute approximate surface area is 116 Å². The molecule has 0 saturated carbocycles. The lowest BCUT2D eigenvalue weighted by molar-refractivity contribution is -0.137. The van der Waals surface area contributed by atoms with Gasteiger partial charge in [0.05, 0.1) is 12.2 Å². The van der Waals surface area contributed by atoms with Gasteiger partial charge in [0.15, 0.2) is 0 Å². The molecule has 108 valence electrons. The van der Waals surface area contributed by atoms with Gasteiger partial charge in [-0.25, -0.2) is 0 Å². The van der Waals surface area contributed by atoms with Crippen molar-refractivity contribution < 1.29 is 17.9 Å². The molecule has 1 N–H and O–H groups in total. The summed E-state index contributed by atoms with van der Waals surface area (Å²) in [7, 11) is 0. The number of halogens is 4. The van der Waals surface area contributed by atoms with Gasteiger partial charge in [-0.3, -0.25) is 0 Å². The Morgan fingerprint density at radius 3 is 2.21 bits per heavy atom. The smallest absolute Gasteiger partial charge is 0.416 e. The van der Waals surface area contributed by atoms with Crippen LogP contribution >= 0.6 is 12.4 Å². The molecule has 0 bridgehead atoms. The summed E-state index contributed by atoms with van der Waals surface area (Å²) < 4.78 is 42.6. The molecule has 1 fully saturated rings. The number of nitrogens with one attached hydrogen (secondary N) is 1. The topological polar surface area (TPSA) is 21.3 Å². The number of ether oxygens (including phenoxy) is 1. The molecule has 0 unspecified atom stereocenters. The summed E-state index contributed by atoms with van der Waals surface area (Å²) in [6.07, 6.45) is -2.17. The first-order chi connectivity index (χ1) is 8.55. The van der Waals surface area contributed by atoms with E-state index in [1.807, 2.05) is 0 Å². The number of alkyl halides is 3. The monoisotopic (exact) mass is 295 g/mol. The van der Waals surface area contributed by atoms with Crippen molar-refractivity contribution in [3.8, 4) is 5.75 Å². The molecule has 1 heterocycles. The minimum Gasteiger partial charge on any atom is -0.493 e. The third-order valence-corrected chi connectivity index (χ3v) is 3.13. The molecule has 1 aromatic rings. The Morgan fingerprint density at radius 2 is 1.68 bits per heavy atom. The van der Waals surface area contributed by atoms with Gasteiger partial charge >= 0.3 is 6.18 Å². The molecular weight excluding hydrogens is 279 g/mol. The van der Waals surface area contributed by atoms with Gasteiger partial charge in [0.2, 0.25) is 0 Å². The van der Waals surface area contributed by atoms with Crippen molar-refractivity contribution in [2.45, 2.75) is 19.0 Å². The van der Waals surface area contributed by atoms with Gasteiger partial charge in [-0.1, -0.05) is 0 Å². The molecule has 6 heteroatoms. The van der Waals surface area contributed by atoms with E-state index in [1.165, 1.54) is 12.1 Å². The number of hydrogen-bond acceptors (Lipinski definition) is 2. The van der Waals surface area contributed by atoms with Gasteiger partial charge in [0.25, 0.3) is 0 Å². The van der Waals surface area contributed by atoms with Gasteiger partial charge in [-0.2, -0.15) is 13.2 Å². The molecule has 0 amide bonds. The Balaban J connectivity index is 0.00000180. The zero-order chi connectivity index (χ0) is 13.0. The fourth-order valence-electron chi connectivity index (χ4n) is 2.00. The van der Waals surface area contributed by atoms with Crippen molar-refractivity contribution in [1.29, 1.82) is 0 Å². The average molecular weight is 296 g/mol. The van der Waals surface area contributed by atoms with Crippen LogP contribution in [0.3, 0.4) is 0 Å². The second kappa shape index (κ2) is 7.01. The normalized spacial score (nSPS) is 16.8. The van der Waals surface area contributed by atoms with Crippen LogP contribution < -0.4 is 10.1 Å². The summed E-state index contributed by atoms with van der Waals surface area (Å²) in [5, 5.41) is 3.26. The van der Waals surface area contributed by atoms with Gasteiger partial charge in [-0.15, -0.1) is 12.4 Å². The predicted octanol–water partition coefficient (Wildman–Crippen LogP) is 3.51. The summed E-state index contributed by atoms with van der Waals surface area (Å²) in [6.45, 7) is 2.55. The van der Waals surface area contributed by atoms with Crippen molar-refractivity contribution in [1.82, 2.24) is 5.32 Å². The van der Waals surface area contributed by atoms with Gasteiger partial charge in [0, 0.05) is 0 Å². The fraction of sp³-hybridized carbons (Fsp3) is 0.538. The van der Waals surface area contributed by atoms with E-state index < -0.39 is 11.7 Å². The van der Waals surface area contributed by atoms with E-state index in [-0.39, 0.29) is 12.4 Å². The van der Waals surface area contributed by atoms with Gasteiger partial charge < -0.3 is 10.1 Å². The van der Waals surface area contributed by atoms with E-state index in [2.05, 4.69) is 5.32 Å². The molecule has 2 rings (SSSR count). The van der Waals surface area contributed by atoms with E-state index in [9.17, 15) is 13.2 Å². The third kappa shape index (κ3) is 4.91. The van der Waals surface area contributed by atoms with Crippen LogP contribution in [-0.2, 0) is 6.18 Å². The van der Waals surface area contributed by atoms with E-state index >= 15 is 0 Å². The van der Waals surface area contributed by atoms with Crippen molar-refractivity contribution in [2.75, 3.05) is 19.7 Å². The highest BCUT2D eigenvalue weighted by Crippen LogP contribution is 2.30. The Bertz CT molecular complexity index is 374. The highest BCUT2D eigenvalue weighted by atomic mass is 35.5. The minimum absolute atomic E-state index is 0. The van der Waals surface area contributed by atoms with Crippen LogP contribution in [0.1, 0.15) is 18.4 Å². The Kier molecular flexibility index (Phi) is 5.94. The molecule has 0 aromatic heterocycles. The summed E-state index contributed by atoms with van der Waals surface area (Å²) >= 11 is 0. The molecule has 1 aliphatic heterocycles. The van der Waals surface area contributed by atoms with E-state index in [0.29, 0.717) is 18.3 Å². The lowest BCUT2D eigenvalue weighted by atomic mass is 9.99. The molecule has 0 atom stereocenters. The Morgan fingerprint density at radius 1 is 1.11 bits per heavy atom. The molecule has 0 radical (unpaired) electrons. The summed E-state index contributed by atoms with van der Waals surface area (Å²) in [6, 6.07) is 4.86. The second-order valence-electron chi connectivity index (χ2n) is 4.53. The van der Waals surface area contributed by atoms with Crippen molar-refractivity contribution in [3.05, 3.63) is 29.8 Å². The van der Waals surface area contributed by atoms with Crippen LogP contribution in [0.15, 0.2) is 24.3 Å². The fourth-order valence-corrected chi connectivity index (χ4v) is 2.00. The van der Waals surface area contributed by atoms with Crippen molar-refractivity contribution in [2.24, 2.45) is 5.92 Å². The summed E-state index contributed by atoms with van der Waals surface area (Å²) in [4.78, 5) is 0. The highest BCUT2D eigenvalue weighted by molar-refractivity contribution is 5.85. The highest BCUT2D eigenvalue weighted by Gasteiger charge is 2.30. The number of hydrogen-bond donors (Lipinski definition) is 1. The van der Waals surface area contributed by atoms with E-state index in [0.717, 1.165) is 38.1 Å². The van der Waals surface area contributed by atoms with Gasteiger partial charge in [0.1, 0.15) is 5.75 Å². The lowest BCUT2D eigenvalue weighted by Gasteiger charge is -2.22. The standard InChI is InChI=1S/C13H16F3NO.ClH/c14-13(15,16)11-1-3-12(4-2-11)18-9-10-5-7-17-8-6-10;/h1-4,10,17H,5-9H2;1H. The average Bonchev–Trinajstić information content (AvgIpc) is 2.37. The second-order valence-corrected chi connectivity index (χ2v) is 4.53. The largest absolute Gasteiger partial charge is 0.493 e. The molecule has 1 saturated heterocycles. The lowest BCUT2D eigenvalue weighted by Crippen LogP contribution is -2.30. The SMILES string of the molecule is Cl.FC(F)(F)c1ccc(OCC2CCNCC2)cc1. The van der Waals surface area contributed by atoms with Gasteiger partial charge in [-0.05, 0) is 56.1 Å². The first-order valence-corrected chi connectivity index (χ1v) is 6.06. The minimum atomic E-state index is -4.28. The van der Waals surface area contributed by atoms with Crippen LogP contribution in [0.2, 0.25) is 0 Å². The predicted molar refractivity (Wildman–Crippen MR) is 69.8 cm³/mol. The van der Waals surface area contributed by atoms with Crippen LogP contribution in [0.25, 0.3) is 0 Å². The van der Waals surface area contributed by atoms with Crippen molar-refractivity contribution in [3.63, 3.8) is 0 Å². The van der Waals surface area contributed by atoms with E-state index in [1.54, 1.807) is 0 Å². The van der Waals surface area contributed by atoms with Crippen LogP contribution in [0, 0.1) is 5.92 Å². The number of rotatable bonds is 3. The molecule has 19 heavy (non-hydrogen) atoms. The quantitative estimate of drug-likeness (QED) is 0.921. The summed E-state index contributed by atoms with van der Waals surface area (Å²) in [5.41, 5.74) is -0.642. The maximum Gasteiger partial charge on any atom is 0.416 e. The van der Waals surface area contributed by atoms with E-state index in [4.69, 9.17) is 4.74 Å². The third-order valence-electron chi connectivity index (χ3n) is 3.13. The molecule has 0 spiro atoms. The van der Waals surface area contributed by atoms with Crippen molar-refractivity contribution >= 4 is 12.4 Å². The number of benzene rings is 1. The number of piperidine rings is 1. The zero-order valence-electron chi connectivity index (χ0n) is 10.4. The molecule has 0 aliphatic carbocycles. The zero-order valence-corrected chi connectivity index (χ0v) is 11.2. The maximum absolute atomic E-state index is 12.3. The maximum atomic E-state index is 12.3. The molecule has 1 aromatic carbocycles. The first kappa shape index (κ1) is 16.1. The molecule has 2 nitrogen and oxygen atoms in total. The summed E-state index contributed by atoms with van der Waals surface area (Å²) in [5.74, 6) is 0.995.